The van der Waals surface area contributed by atoms with E-state index in [1.165, 1.54) is 34.6 Å². The largest absolute Gasteiger partial charge is 0.455 e. The second-order valence-electron chi connectivity index (χ2n) is 5.43. The highest BCUT2D eigenvalue weighted by atomic mass is 16.6. The summed E-state index contributed by atoms with van der Waals surface area (Å²) in [5.41, 5.74) is 0.577. The minimum Gasteiger partial charge on any atom is -0.455 e. The molecule has 6 heteroatoms. The van der Waals surface area contributed by atoms with Crippen LogP contribution < -0.4 is 0 Å². The molecule has 0 fully saturated rings. The smallest absolute Gasteiger partial charge is 0.333 e. The average Bonchev–Trinajstić information content (AvgIpc) is 2.43. The molecule has 0 saturated carbocycles. The van der Waals surface area contributed by atoms with Crippen molar-refractivity contribution in [3.63, 3.8) is 0 Å². The summed E-state index contributed by atoms with van der Waals surface area (Å²) in [4.78, 5) is 35.0. The van der Waals surface area contributed by atoms with Crippen molar-refractivity contribution in [1.82, 2.24) is 0 Å². The van der Waals surface area contributed by atoms with Crippen LogP contribution in [0.5, 0.6) is 0 Å². The predicted octanol–water partition coefficient (Wildman–Crippen LogP) is 2.49. The molecule has 0 saturated heterocycles. The van der Waals surface area contributed by atoms with Gasteiger partial charge in [-0.15, -0.1) is 0 Å². The van der Waals surface area contributed by atoms with Crippen molar-refractivity contribution >= 4 is 17.9 Å². The predicted molar refractivity (Wildman–Crippen MR) is 85.4 cm³/mol. The molecular weight excluding hydrogens is 300 g/mol. The molecular formula is C17H24O6. The van der Waals surface area contributed by atoms with Gasteiger partial charge in [-0.2, -0.15) is 0 Å². The fourth-order valence-corrected chi connectivity index (χ4v) is 1.47. The van der Waals surface area contributed by atoms with Crippen molar-refractivity contribution in [2.75, 3.05) is 0 Å². The van der Waals surface area contributed by atoms with Gasteiger partial charge < -0.3 is 14.2 Å². The molecule has 0 aliphatic carbocycles. The van der Waals surface area contributed by atoms with Crippen LogP contribution >= 0.6 is 0 Å². The topological polar surface area (TPSA) is 78.9 Å². The van der Waals surface area contributed by atoms with Crippen LogP contribution in [0.4, 0.5) is 0 Å². The molecule has 0 radical (unpaired) electrons. The van der Waals surface area contributed by atoms with Crippen molar-refractivity contribution in [3.8, 4) is 0 Å². The number of ether oxygens (including phenoxy) is 3. The molecule has 0 aromatic carbocycles. The summed E-state index contributed by atoms with van der Waals surface area (Å²) < 4.78 is 15.6. The fourth-order valence-electron chi connectivity index (χ4n) is 1.47. The number of hydrogen-bond acceptors (Lipinski definition) is 6. The molecule has 0 N–H and O–H groups in total. The Morgan fingerprint density at radius 2 is 0.913 bits per heavy atom. The van der Waals surface area contributed by atoms with Crippen LogP contribution in [0.2, 0.25) is 0 Å². The molecule has 6 nitrogen and oxygen atoms in total. The molecule has 128 valence electrons. The van der Waals surface area contributed by atoms with Gasteiger partial charge in [0.15, 0.2) is 6.10 Å². The highest BCUT2D eigenvalue weighted by Crippen LogP contribution is 2.16. The molecule has 0 heterocycles. The van der Waals surface area contributed by atoms with E-state index in [0.717, 1.165) is 0 Å². The molecule has 0 aromatic rings. The van der Waals surface area contributed by atoms with Crippen molar-refractivity contribution in [2.45, 2.75) is 52.9 Å². The Balaban J connectivity index is 5.20. The number of hydrogen-bond donors (Lipinski definition) is 0. The third-order valence-electron chi connectivity index (χ3n) is 2.80. The van der Waals surface area contributed by atoms with Gasteiger partial charge in [0.25, 0.3) is 0 Å². The minimum atomic E-state index is -0.995. The summed E-state index contributed by atoms with van der Waals surface area (Å²) in [6.07, 6.45) is -2.70. The first kappa shape index (κ1) is 20.6. The normalized spacial score (nSPS) is 14.0. The van der Waals surface area contributed by atoms with E-state index in [4.69, 9.17) is 14.2 Å². The Morgan fingerprint density at radius 3 is 1.17 bits per heavy atom. The summed E-state index contributed by atoms with van der Waals surface area (Å²) in [6.45, 7) is 18.0. The maximum absolute atomic E-state index is 11.8. The first-order valence-corrected chi connectivity index (χ1v) is 7.06. The minimum absolute atomic E-state index is 0.173. The van der Waals surface area contributed by atoms with Gasteiger partial charge in [-0.05, 0) is 34.6 Å². The number of esters is 3. The highest BCUT2D eigenvalue weighted by molar-refractivity contribution is 5.88. The first-order chi connectivity index (χ1) is 10.5. The monoisotopic (exact) mass is 324 g/mol. The van der Waals surface area contributed by atoms with E-state index >= 15 is 0 Å². The lowest BCUT2D eigenvalue weighted by atomic mass is 10.1. The standard InChI is InChI=1S/C17H24O6/c1-9(2)15(18)21-12(7)14(23-17(20)11(5)6)13(8)22-16(19)10(3)4/h12-14H,1,3,5H2,2,4,6-8H3. The molecule has 2 unspecified atom stereocenters. The lowest BCUT2D eigenvalue weighted by Gasteiger charge is -2.29. The molecule has 0 aliphatic heterocycles. The summed E-state index contributed by atoms with van der Waals surface area (Å²) in [5.74, 6) is -1.94. The second kappa shape index (κ2) is 8.92. The number of carbonyl (C=O) groups excluding carboxylic acids is 3. The Hall–Kier alpha value is -2.37. The molecule has 0 aromatic heterocycles. The summed E-state index contributed by atoms with van der Waals surface area (Å²) in [6, 6.07) is 0. The SMILES string of the molecule is C=C(C)C(=O)OC(C)C(OC(=O)C(=C)C)C(C)OC(=O)C(=C)C. The zero-order valence-electron chi connectivity index (χ0n) is 14.3. The highest BCUT2D eigenvalue weighted by Gasteiger charge is 2.33. The van der Waals surface area contributed by atoms with Crippen molar-refractivity contribution in [2.24, 2.45) is 0 Å². The summed E-state index contributed by atoms with van der Waals surface area (Å²) in [5, 5.41) is 0. The second-order valence-corrected chi connectivity index (χ2v) is 5.43. The van der Waals surface area contributed by atoms with Crippen molar-refractivity contribution in [1.29, 1.82) is 0 Å². The van der Waals surface area contributed by atoms with E-state index in [0.29, 0.717) is 0 Å². The quantitative estimate of drug-likeness (QED) is 0.388. The van der Waals surface area contributed by atoms with Crippen LogP contribution in [0.25, 0.3) is 0 Å². The van der Waals surface area contributed by atoms with Gasteiger partial charge in [0, 0.05) is 16.7 Å². The van der Waals surface area contributed by atoms with Crippen LogP contribution in [0, 0.1) is 0 Å². The Labute approximate surface area is 136 Å². The molecule has 0 spiro atoms. The van der Waals surface area contributed by atoms with E-state index < -0.39 is 36.2 Å². The van der Waals surface area contributed by atoms with Gasteiger partial charge in [-0.25, -0.2) is 14.4 Å². The Bertz CT molecular complexity index is 497. The maximum Gasteiger partial charge on any atom is 0.333 e. The Morgan fingerprint density at radius 1 is 0.652 bits per heavy atom. The van der Waals surface area contributed by atoms with Crippen molar-refractivity contribution < 1.29 is 28.6 Å². The molecule has 0 bridgehead atoms. The third-order valence-corrected chi connectivity index (χ3v) is 2.80. The van der Waals surface area contributed by atoms with Crippen LogP contribution in [0.3, 0.4) is 0 Å². The first-order valence-electron chi connectivity index (χ1n) is 7.06. The molecule has 23 heavy (non-hydrogen) atoms. The Kier molecular flexibility index (Phi) is 8.00. The van der Waals surface area contributed by atoms with Crippen LogP contribution in [-0.2, 0) is 28.6 Å². The molecule has 0 rings (SSSR count). The summed E-state index contributed by atoms with van der Waals surface area (Å²) >= 11 is 0. The lowest BCUT2D eigenvalue weighted by molar-refractivity contribution is -0.177. The van der Waals surface area contributed by atoms with Crippen LogP contribution in [-0.4, -0.2) is 36.2 Å². The van der Waals surface area contributed by atoms with Gasteiger partial charge in [0.2, 0.25) is 0 Å². The van der Waals surface area contributed by atoms with Gasteiger partial charge in [0.1, 0.15) is 12.2 Å². The van der Waals surface area contributed by atoms with E-state index in [1.807, 2.05) is 0 Å². The van der Waals surface area contributed by atoms with E-state index in [2.05, 4.69) is 19.7 Å². The van der Waals surface area contributed by atoms with Gasteiger partial charge in [-0.3, -0.25) is 0 Å². The third kappa shape index (κ3) is 6.95. The van der Waals surface area contributed by atoms with Gasteiger partial charge in [0.05, 0.1) is 0 Å². The summed E-state index contributed by atoms with van der Waals surface area (Å²) in [7, 11) is 0. The van der Waals surface area contributed by atoms with E-state index in [-0.39, 0.29) is 16.7 Å². The van der Waals surface area contributed by atoms with Crippen molar-refractivity contribution in [3.05, 3.63) is 36.5 Å². The van der Waals surface area contributed by atoms with Crippen LogP contribution in [0.1, 0.15) is 34.6 Å². The molecule has 0 amide bonds. The molecule has 0 aliphatic rings. The maximum atomic E-state index is 11.8. The zero-order chi connectivity index (χ0) is 18.3. The van der Waals surface area contributed by atoms with Crippen LogP contribution in [0.15, 0.2) is 36.5 Å². The average molecular weight is 324 g/mol. The number of carbonyl (C=O) groups is 3. The van der Waals surface area contributed by atoms with Gasteiger partial charge in [-0.1, -0.05) is 19.7 Å². The fraction of sp³-hybridized carbons (Fsp3) is 0.471. The lowest BCUT2D eigenvalue weighted by Crippen LogP contribution is -2.43. The van der Waals surface area contributed by atoms with Gasteiger partial charge >= 0.3 is 17.9 Å². The molecule has 2 atom stereocenters. The van der Waals surface area contributed by atoms with E-state index in [9.17, 15) is 14.4 Å². The zero-order valence-corrected chi connectivity index (χ0v) is 14.3. The van der Waals surface area contributed by atoms with E-state index in [1.54, 1.807) is 0 Å². The number of rotatable bonds is 8.